The van der Waals surface area contributed by atoms with Crippen LogP contribution in [-0.4, -0.2) is 36.2 Å². The summed E-state index contributed by atoms with van der Waals surface area (Å²) in [4.78, 5) is 37.9. The van der Waals surface area contributed by atoms with Gasteiger partial charge in [-0.15, -0.1) is 0 Å². The summed E-state index contributed by atoms with van der Waals surface area (Å²) in [6, 6.07) is 15.5. The number of rotatable bonds is 3. The van der Waals surface area contributed by atoms with Crippen LogP contribution in [0.1, 0.15) is 21.8 Å². The van der Waals surface area contributed by atoms with E-state index < -0.39 is 23.5 Å². The van der Waals surface area contributed by atoms with Crippen LogP contribution in [0.3, 0.4) is 0 Å². The Bertz CT molecular complexity index is 770. The van der Waals surface area contributed by atoms with Crippen LogP contribution in [0.5, 0.6) is 5.75 Å². The molecule has 0 radical (unpaired) electrons. The first-order valence-electron chi connectivity index (χ1n) is 7.21. The van der Waals surface area contributed by atoms with Crippen LogP contribution in [-0.2, 0) is 9.59 Å². The maximum atomic E-state index is 12.5. The molecule has 23 heavy (non-hydrogen) atoms. The molecule has 3 rings (SSSR count). The van der Waals surface area contributed by atoms with Gasteiger partial charge in [0, 0.05) is 12.1 Å². The maximum absolute atomic E-state index is 12.5. The molecule has 1 fully saturated rings. The Morgan fingerprint density at radius 1 is 1.09 bits per heavy atom. The van der Waals surface area contributed by atoms with Crippen molar-refractivity contribution in [3.05, 3.63) is 65.7 Å². The largest absolute Gasteiger partial charge is 0.497 e. The summed E-state index contributed by atoms with van der Waals surface area (Å²) in [5.74, 6) is -1.87. The third kappa shape index (κ3) is 2.73. The number of amides is 2. The van der Waals surface area contributed by atoms with Crippen molar-refractivity contribution in [1.82, 2.24) is 4.90 Å². The van der Waals surface area contributed by atoms with Crippen molar-refractivity contribution in [2.75, 3.05) is 13.7 Å². The summed E-state index contributed by atoms with van der Waals surface area (Å²) < 4.78 is 5.08. The molecule has 5 heteroatoms. The standard InChI is InChI=1S/C18H15NO4/c1-23-14-9-5-8-13(10-14)17(21)19-11-15(16(20)18(19)22)12-6-3-2-4-7-12/h2-10,15H,11H2,1H3/t15-/m0/s1. The van der Waals surface area contributed by atoms with Gasteiger partial charge < -0.3 is 4.74 Å². The van der Waals surface area contributed by atoms with E-state index in [1.165, 1.54) is 7.11 Å². The molecule has 0 unspecified atom stereocenters. The fraction of sp³-hybridized carbons (Fsp3) is 0.167. The number of imide groups is 1. The number of ether oxygens (including phenoxy) is 1. The molecule has 116 valence electrons. The molecule has 2 amide bonds. The van der Waals surface area contributed by atoms with E-state index in [9.17, 15) is 14.4 Å². The molecular weight excluding hydrogens is 294 g/mol. The van der Waals surface area contributed by atoms with Crippen LogP contribution in [0.2, 0.25) is 0 Å². The highest BCUT2D eigenvalue weighted by Gasteiger charge is 2.42. The third-order valence-corrected chi connectivity index (χ3v) is 3.90. The topological polar surface area (TPSA) is 63.7 Å². The minimum absolute atomic E-state index is 0.0672. The summed E-state index contributed by atoms with van der Waals surface area (Å²) >= 11 is 0. The average molecular weight is 309 g/mol. The van der Waals surface area contributed by atoms with Gasteiger partial charge in [0.05, 0.1) is 13.0 Å². The van der Waals surface area contributed by atoms with Gasteiger partial charge in [-0.2, -0.15) is 0 Å². The SMILES string of the molecule is COc1cccc(C(=O)N2C[C@@H](c3ccccc3)C(=O)C2=O)c1. The van der Waals surface area contributed by atoms with E-state index in [0.717, 1.165) is 10.5 Å². The molecule has 1 saturated heterocycles. The van der Waals surface area contributed by atoms with Crippen LogP contribution in [0.15, 0.2) is 54.6 Å². The van der Waals surface area contributed by atoms with Gasteiger partial charge in [0.2, 0.25) is 5.78 Å². The second kappa shape index (κ2) is 6.04. The van der Waals surface area contributed by atoms with E-state index >= 15 is 0 Å². The number of ketones is 1. The van der Waals surface area contributed by atoms with Gasteiger partial charge in [0.15, 0.2) is 0 Å². The van der Waals surface area contributed by atoms with E-state index in [-0.39, 0.29) is 6.54 Å². The second-order valence-corrected chi connectivity index (χ2v) is 5.28. The van der Waals surface area contributed by atoms with E-state index in [1.54, 1.807) is 48.5 Å². The van der Waals surface area contributed by atoms with Gasteiger partial charge in [-0.05, 0) is 23.8 Å². The first kappa shape index (κ1) is 15.0. The van der Waals surface area contributed by atoms with Crippen LogP contribution < -0.4 is 4.74 Å². The lowest BCUT2D eigenvalue weighted by atomic mass is 9.97. The van der Waals surface area contributed by atoms with Crippen molar-refractivity contribution < 1.29 is 19.1 Å². The molecule has 0 bridgehead atoms. The van der Waals surface area contributed by atoms with Crippen LogP contribution in [0, 0.1) is 0 Å². The minimum atomic E-state index is -0.758. The Balaban J connectivity index is 1.87. The quantitative estimate of drug-likeness (QED) is 0.643. The van der Waals surface area contributed by atoms with Crippen molar-refractivity contribution >= 4 is 17.6 Å². The van der Waals surface area contributed by atoms with Gasteiger partial charge in [0.1, 0.15) is 5.75 Å². The zero-order valence-corrected chi connectivity index (χ0v) is 12.6. The molecule has 2 aromatic carbocycles. The Labute approximate surface area is 133 Å². The molecule has 1 heterocycles. The number of methoxy groups -OCH3 is 1. The fourth-order valence-corrected chi connectivity index (χ4v) is 2.66. The van der Waals surface area contributed by atoms with Gasteiger partial charge in [-0.1, -0.05) is 36.4 Å². The molecule has 0 saturated carbocycles. The Hall–Kier alpha value is -2.95. The van der Waals surface area contributed by atoms with E-state index in [0.29, 0.717) is 11.3 Å². The van der Waals surface area contributed by atoms with Crippen molar-refractivity contribution in [2.24, 2.45) is 0 Å². The van der Waals surface area contributed by atoms with Gasteiger partial charge in [0.25, 0.3) is 11.8 Å². The molecule has 0 aromatic heterocycles. The number of carbonyl (C=O) groups excluding carboxylic acids is 3. The third-order valence-electron chi connectivity index (χ3n) is 3.90. The number of nitrogens with zero attached hydrogens (tertiary/aromatic N) is 1. The highest BCUT2D eigenvalue weighted by molar-refractivity contribution is 6.43. The van der Waals surface area contributed by atoms with E-state index in [4.69, 9.17) is 4.74 Å². The first-order valence-corrected chi connectivity index (χ1v) is 7.21. The zero-order chi connectivity index (χ0) is 16.4. The Morgan fingerprint density at radius 3 is 2.52 bits per heavy atom. The van der Waals surface area contributed by atoms with Crippen molar-refractivity contribution in [3.8, 4) is 5.75 Å². The Kier molecular flexibility index (Phi) is 3.93. The second-order valence-electron chi connectivity index (χ2n) is 5.28. The highest BCUT2D eigenvalue weighted by Crippen LogP contribution is 2.27. The number of carbonyl (C=O) groups is 3. The predicted molar refractivity (Wildman–Crippen MR) is 83.2 cm³/mol. The molecule has 5 nitrogen and oxygen atoms in total. The van der Waals surface area contributed by atoms with Gasteiger partial charge in [-0.25, -0.2) is 0 Å². The van der Waals surface area contributed by atoms with Gasteiger partial charge in [-0.3, -0.25) is 19.3 Å². The normalized spacial score (nSPS) is 17.4. The van der Waals surface area contributed by atoms with E-state index in [1.807, 2.05) is 6.07 Å². The lowest BCUT2D eigenvalue weighted by Gasteiger charge is -2.14. The summed E-state index contributed by atoms with van der Waals surface area (Å²) in [5.41, 5.74) is 1.06. The van der Waals surface area contributed by atoms with Crippen molar-refractivity contribution in [2.45, 2.75) is 5.92 Å². The minimum Gasteiger partial charge on any atom is -0.497 e. The molecule has 1 atom stereocenters. The number of hydrogen-bond acceptors (Lipinski definition) is 4. The number of hydrogen-bond donors (Lipinski definition) is 0. The van der Waals surface area contributed by atoms with E-state index in [2.05, 4.69) is 0 Å². The predicted octanol–water partition coefficient (Wildman–Crippen LogP) is 2.03. The number of Topliss-reactive ketones (excluding diaryl/α,β-unsaturated/α-hetero) is 1. The van der Waals surface area contributed by atoms with Crippen LogP contribution in [0.4, 0.5) is 0 Å². The molecular formula is C18H15NO4. The number of benzene rings is 2. The summed E-state index contributed by atoms with van der Waals surface area (Å²) in [6.45, 7) is 0.0672. The molecule has 0 aliphatic carbocycles. The highest BCUT2D eigenvalue weighted by atomic mass is 16.5. The smallest absolute Gasteiger partial charge is 0.297 e. The fourth-order valence-electron chi connectivity index (χ4n) is 2.66. The molecule has 0 spiro atoms. The zero-order valence-electron chi connectivity index (χ0n) is 12.6. The average Bonchev–Trinajstić information content (AvgIpc) is 2.90. The number of likely N-dealkylation sites (tertiary alicyclic amines) is 1. The van der Waals surface area contributed by atoms with Crippen LogP contribution >= 0.6 is 0 Å². The van der Waals surface area contributed by atoms with Crippen LogP contribution in [0.25, 0.3) is 0 Å². The Morgan fingerprint density at radius 2 is 1.83 bits per heavy atom. The lowest BCUT2D eigenvalue weighted by molar-refractivity contribution is -0.139. The summed E-state index contributed by atoms with van der Waals surface area (Å²) in [5, 5.41) is 0. The van der Waals surface area contributed by atoms with Gasteiger partial charge >= 0.3 is 0 Å². The maximum Gasteiger partial charge on any atom is 0.297 e. The molecule has 1 aliphatic heterocycles. The lowest BCUT2D eigenvalue weighted by Crippen LogP contribution is -2.33. The summed E-state index contributed by atoms with van der Waals surface area (Å²) in [7, 11) is 1.50. The molecule has 0 N–H and O–H groups in total. The van der Waals surface area contributed by atoms with Crippen molar-refractivity contribution in [3.63, 3.8) is 0 Å². The molecule has 1 aliphatic rings. The monoisotopic (exact) mass is 309 g/mol. The first-order chi connectivity index (χ1) is 11.1. The summed E-state index contributed by atoms with van der Waals surface area (Å²) in [6.07, 6.45) is 0. The van der Waals surface area contributed by atoms with Crippen molar-refractivity contribution in [1.29, 1.82) is 0 Å². The molecule has 2 aromatic rings.